The van der Waals surface area contributed by atoms with Gasteiger partial charge in [-0.1, -0.05) is 12.1 Å². The van der Waals surface area contributed by atoms with Crippen LogP contribution in [0.15, 0.2) is 36.7 Å². The van der Waals surface area contributed by atoms with E-state index in [0.29, 0.717) is 12.1 Å². The Morgan fingerprint density at radius 1 is 1.20 bits per heavy atom. The van der Waals surface area contributed by atoms with Crippen molar-refractivity contribution in [2.45, 2.75) is 19.4 Å². The highest BCUT2D eigenvalue weighted by atomic mass is 16.3. The summed E-state index contributed by atoms with van der Waals surface area (Å²) >= 11 is 0. The molecule has 1 aromatic carbocycles. The van der Waals surface area contributed by atoms with Gasteiger partial charge in [0.15, 0.2) is 0 Å². The monoisotopic (exact) mass is 268 g/mol. The van der Waals surface area contributed by atoms with Gasteiger partial charge in [-0.3, -0.25) is 9.97 Å². The molecule has 0 fully saturated rings. The fourth-order valence-electron chi connectivity index (χ4n) is 2.23. The van der Waals surface area contributed by atoms with Gasteiger partial charge in [0.2, 0.25) is 0 Å². The number of para-hydroxylation sites is 2. The van der Waals surface area contributed by atoms with Crippen molar-refractivity contribution < 1.29 is 5.11 Å². The summed E-state index contributed by atoms with van der Waals surface area (Å²) in [4.78, 5) is 12.9. The summed E-state index contributed by atoms with van der Waals surface area (Å²) in [7, 11) is 1.96. The number of fused-ring (bicyclic) bond motifs is 1. The summed E-state index contributed by atoms with van der Waals surface area (Å²) in [6, 6.07) is 7.93. The van der Waals surface area contributed by atoms with Crippen LogP contribution in [-0.2, 0) is 13.5 Å². The molecule has 0 spiro atoms. The van der Waals surface area contributed by atoms with Crippen molar-refractivity contribution in [2.24, 2.45) is 7.05 Å². The van der Waals surface area contributed by atoms with Gasteiger partial charge in [0.1, 0.15) is 11.9 Å². The Morgan fingerprint density at radius 2 is 2.00 bits per heavy atom. The standard InChI is InChI=1S/C15H16N4O/c1-10-8-17-12(9-16-10)14(20)7-15-18-11-5-3-4-6-13(11)19(15)2/h3-6,8-9,14,20H,7H2,1-2H3. The second-order valence-electron chi connectivity index (χ2n) is 4.88. The highest BCUT2D eigenvalue weighted by Gasteiger charge is 2.15. The van der Waals surface area contributed by atoms with Gasteiger partial charge >= 0.3 is 0 Å². The highest BCUT2D eigenvalue weighted by molar-refractivity contribution is 5.75. The van der Waals surface area contributed by atoms with E-state index in [9.17, 15) is 5.11 Å². The zero-order valence-corrected chi connectivity index (χ0v) is 11.5. The molecule has 0 bridgehead atoms. The minimum atomic E-state index is -0.696. The molecule has 20 heavy (non-hydrogen) atoms. The predicted octanol–water partition coefficient (Wildman–Crippen LogP) is 1.95. The number of rotatable bonds is 3. The van der Waals surface area contributed by atoms with E-state index in [1.165, 1.54) is 0 Å². The van der Waals surface area contributed by atoms with Gasteiger partial charge in [-0.15, -0.1) is 0 Å². The van der Waals surface area contributed by atoms with Crippen LogP contribution in [0.2, 0.25) is 0 Å². The molecule has 0 saturated heterocycles. The van der Waals surface area contributed by atoms with Crippen LogP contribution < -0.4 is 0 Å². The third-order valence-corrected chi connectivity index (χ3v) is 3.40. The van der Waals surface area contributed by atoms with E-state index in [-0.39, 0.29) is 0 Å². The number of aliphatic hydroxyl groups excluding tert-OH is 1. The SMILES string of the molecule is Cc1cnc(C(O)Cc2nc3ccccc3n2C)cn1. The number of hydrogen-bond donors (Lipinski definition) is 1. The van der Waals surface area contributed by atoms with E-state index >= 15 is 0 Å². The van der Waals surface area contributed by atoms with Crippen LogP contribution in [0, 0.1) is 6.92 Å². The van der Waals surface area contributed by atoms with Crippen LogP contribution in [-0.4, -0.2) is 24.6 Å². The third-order valence-electron chi connectivity index (χ3n) is 3.40. The van der Waals surface area contributed by atoms with Gasteiger partial charge in [-0.2, -0.15) is 0 Å². The molecule has 0 saturated carbocycles. The molecule has 2 heterocycles. The van der Waals surface area contributed by atoms with Gasteiger partial charge < -0.3 is 9.67 Å². The first-order valence-electron chi connectivity index (χ1n) is 6.52. The lowest BCUT2D eigenvalue weighted by atomic mass is 10.2. The second kappa shape index (κ2) is 5.02. The van der Waals surface area contributed by atoms with Gasteiger partial charge in [0, 0.05) is 19.7 Å². The molecule has 0 aliphatic carbocycles. The smallest absolute Gasteiger partial charge is 0.112 e. The molecule has 1 atom stereocenters. The molecule has 3 rings (SSSR count). The lowest BCUT2D eigenvalue weighted by Gasteiger charge is -2.09. The number of benzene rings is 1. The summed E-state index contributed by atoms with van der Waals surface area (Å²) in [5, 5.41) is 10.3. The molecular weight excluding hydrogens is 252 g/mol. The van der Waals surface area contributed by atoms with Crippen LogP contribution in [0.1, 0.15) is 23.3 Å². The number of imidazole rings is 1. The van der Waals surface area contributed by atoms with Gasteiger partial charge in [0.05, 0.1) is 28.6 Å². The minimum Gasteiger partial charge on any atom is -0.386 e. The molecule has 5 nitrogen and oxygen atoms in total. The van der Waals surface area contributed by atoms with E-state index in [1.807, 2.05) is 42.8 Å². The van der Waals surface area contributed by atoms with Gasteiger partial charge in [-0.25, -0.2) is 4.98 Å². The number of nitrogens with zero attached hydrogens (tertiary/aromatic N) is 4. The summed E-state index contributed by atoms with van der Waals surface area (Å²) in [6.45, 7) is 1.87. The lowest BCUT2D eigenvalue weighted by Crippen LogP contribution is -2.09. The van der Waals surface area contributed by atoms with Crippen LogP contribution in [0.3, 0.4) is 0 Å². The first kappa shape index (κ1) is 12.7. The van der Waals surface area contributed by atoms with Crippen molar-refractivity contribution in [1.82, 2.24) is 19.5 Å². The summed E-state index contributed by atoms with van der Waals surface area (Å²) < 4.78 is 2.00. The van der Waals surface area contributed by atoms with E-state index in [0.717, 1.165) is 22.6 Å². The number of aryl methyl sites for hydroxylation is 2. The fourth-order valence-corrected chi connectivity index (χ4v) is 2.23. The molecule has 0 aliphatic heterocycles. The molecular formula is C15H16N4O. The van der Waals surface area contributed by atoms with Crippen molar-refractivity contribution in [3.63, 3.8) is 0 Å². The Labute approximate surface area is 117 Å². The molecule has 0 aliphatic rings. The van der Waals surface area contributed by atoms with E-state index in [1.54, 1.807) is 12.4 Å². The largest absolute Gasteiger partial charge is 0.386 e. The zero-order valence-electron chi connectivity index (χ0n) is 11.5. The molecule has 0 amide bonds. The maximum atomic E-state index is 10.3. The van der Waals surface area contributed by atoms with Crippen LogP contribution >= 0.6 is 0 Å². The maximum absolute atomic E-state index is 10.3. The zero-order chi connectivity index (χ0) is 14.1. The Morgan fingerprint density at radius 3 is 2.70 bits per heavy atom. The first-order chi connectivity index (χ1) is 9.65. The van der Waals surface area contributed by atoms with E-state index in [2.05, 4.69) is 15.0 Å². The highest BCUT2D eigenvalue weighted by Crippen LogP contribution is 2.19. The van der Waals surface area contributed by atoms with E-state index < -0.39 is 6.10 Å². The van der Waals surface area contributed by atoms with Crippen molar-refractivity contribution in [2.75, 3.05) is 0 Å². The Balaban J connectivity index is 1.89. The summed E-state index contributed by atoms with van der Waals surface area (Å²) in [5.41, 5.74) is 3.41. The van der Waals surface area contributed by atoms with Crippen LogP contribution in [0.25, 0.3) is 11.0 Å². The topological polar surface area (TPSA) is 63.8 Å². The van der Waals surface area contributed by atoms with Gasteiger partial charge in [-0.05, 0) is 19.1 Å². The van der Waals surface area contributed by atoms with Gasteiger partial charge in [0.25, 0.3) is 0 Å². The Bertz CT molecular complexity index is 733. The normalized spacial score (nSPS) is 12.8. The molecule has 1 N–H and O–H groups in total. The third kappa shape index (κ3) is 2.28. The molecule has 102 valence electrons. The molecule has 2 aromatic heterocycles. The second-order valence-corrected chi connectivity index (χ2v) is 4.88. The Hall–Kier alpha value is -2.27. The van der Waals surface area contributed by atoms with E-state index in [4.69, 9.17) is 0 Å². The number of aliphatic hydroxyl groups is 1. The molecule has 0 radical (unpaired) electrons. The summed E-state index contributed by atoms with van der Waals surface area (Å²) in [6.07, 6.45) is 3.00. The fraction of sp³-hybridized carbons (Fsp3) is 0.267. The Kier molecular flexibility index (Phi) is 3.20. The predicted molar refractivity (Wildman–Crippen MR) is 76.1 cm³/mol. The lowest BCUT2D eigenvalue weighted by molar-refractivity contribution is 0.169. The van der Waals surface area contributed by atoms with Crippen molar-refractivity contribution in [3.8, 4) is 0 Å². The van der Waals surface area contributed by atoms with Crippen molar-refractivity contribution in [1.29, 1.82) is 0 Å². The average molecular weight is 268 g/mol. The number of hydrogen-bond acceptors (Lipinski definition) is 4. The summed E-state index contributed by atoms with van der Waals surface area (Å²) in [5.74, 6) is 0.834. The van der Waals surface area contributed by atoms with Crippen LogP contribution in [0.5, 0.6) is 0 Å². The minimum absolute atomic E-state index is 0.420. The number of aromatic nitrogens is 4. The molecule has 5 heteroatoms. The van der Waals surface area contributed by atoms with Crippen LogP contribution in [0.4, 0.5) is 0 Å². The first-order valence-corrected chi connectivity index (χ1v) is 6.52. The van der Waals surface area contributed by atoms with Crippen molar-refractivity contribution in [3.05, 3.63) is 53.9 Å². The molecule has 3 aromatic rings. The quantitative estimate of drug-likeness (QED) is 0.788. The van der Waals surface area contributed by atoms with Crippen molar-refractivity contribution >= 4 is 11.0 Å². The maximum Gasteiger partial charge on any atom is 0.112 e. The average Bonchev–Trinajstić information content (AvgIpc) is 2.77. The molecule has 1 unspecified atom stereocenters.